The van der Waals surface area contributed by atoms with Crippen molar-refractivity contribution < 1.29 is 18.0 Å². The summed E-state index contributed by atoms with van der Waals surface area (Å²) in [6.45, 7) is 3.59. The van der Waals surface area contributed by atoms with Crippen molar-refractivity contribution in [1.82, 2.24) is 10.2 Å². The minimum absolute atomic E-state index is 0.117. The molecule has 0 radical (unpaired) electrons. The van der Waals surface area contributed by atoms with E-state index in [0.29, 0.717) is 17.1 Å². The molecule has 1 saturated carbocycles. The first kappa shape index (κ1) is 27.0. The van der Waals surface area contributed by atoms with Crippen molar-refractivity contribution in [3.8, 4) is 0 Å². The van der Waals surface area contributed by atoms with Gasteiger partial charge in [0.05, 0.1) is 11.9 Å². The fourth-order valence-electron chi connectivity index (χ4n) is 4.50. The van der Waals surface area contributed by atoms with E-state index < -0.39 is 28.5 Å². The minimum atomic E-state index is -3.79. The first-order chi connectivity index (χ1) is 16.6. The van der Waals surface area contributed by atoms with Crippen LogP contribution in [0.25, 0.3) is 0 Å². The molecule has 1 aliphatic carbocycles. The maximum Gasteiger partial charge on any atom is 0.244 e. The van der Waals surface area contributed by atoms with Gasteiger partial charge < -0.3 is 10.2 Å². The summed E-state index contributed by atoms with van der Waals surface area (Å²) in [5.74, 6) is -0.651. The molecule has 3 rings (SSSR count). The zero-order valence-electron chi connectivity index (χ0n) is 20.5. The molecule has 0 aliphatic heterocycles. The van der Waals surface area contributed by atoms with Crippen molar-refractivity contribution in [2.75, 3.05) is 17.1 Å². The van der Waals surface area contributed by atoms with Gasteiger partial charge in [-0.25, -0.2) is 8.42 Å². The van der Waals surface area contributed by atoms with Crippen LogP contribution < -0.4 is 9.62 Å². The lowest BCUT2D eigenvalue weighted by Gasteiger charge is -2.33. The molecule has 7 nitrogen and oxygen atoms in total. The van der Waals surface area contributed by atoms with Gasteiger partial charge in [0.2, 0.25) is 21.8 Å². The van der Waals surface area contributed by atoms with Gasteiger partial charge >= 0.3 is 0 Å². The lowest BCUT2D eigenvalue weighted by Crippen LogP contribution is -2.53. The van der Waals surface area contributed by atoms with Crippen molar-refractivity contribution in [1.29, 1.82) is 0 Å². The molecule has 1 aliphatic rings. The molecule has 0 unspecified atom stereocenters. The third-order valence-corrected chi connectivity index (χ3v) is 7.84. The number of nitrogens with one attached hydrogen (secondary N) is 1. The number of hydrogen-bond acceptors (Lipinski definition) is 4. The topological polar surface area (TPSA) is 86.8 Å². The maximum atomic E-state index is 13.7. The summed E-state index contributed by atoms with van der Waals surface area (Å²) >= 11 is 6.09. The Bertz CT molecular complexity index is 1150. The Hall–Kier alpha value is -2.58. The van der Waals surface area contributed by atoms with Gasteiger partial charge in [0.1, 0.15) is 12.6 Å². The average molecular weight is 520 g/mol. The summed E-state index contributed by atoms with van der Waals surface area (Å²) in [4.78, 5) is 28.5. The summed E-state index contributed by atoms with van der Waals surface area (Å²) in [6.07, 6.45) is 5.49. The molecule has 1 N–H and O–H groups in total. The number of aryl methyl sites for hydroxylation is 1. The number of carbonyl (C=O) groups is 2. The van der Waals surface area contributed by atoms with Crippen LogP contribution in [0.5, 0.6) is 0 Å². The number of amides is 2. The van der Waals surface area contributed by atoms with E-state index in [9.17, 15) is 18.0 Å². The molecule has 190 valence electrons. The van der Waals surface area contributed by atoms with Crippen LogP contribution in [0.15, 0.2) is 48.5 Å². The van der Waals surface area contributed by atoms with Crippen LogP contribution in [0, 0.1) is 6.92 Å². The number of carbonyl (C=O) groups excluding carboxylic acids is 2. The molecule has 2 aromatic rings. The monoisotopic (exact) mass is 519 g/mol. The van der Waals surface area contributed by atoms with Crippen molar-refractivity contribution >= 4 is 39.1 Å². The first-order valence-electron chi connectivity index (χ1n) is 12.0. The Balaban J connectivity index is 1.93. The van der Waals surface area contributed by atoms with Gasteiger partial charge in [0.25, 0.3) is 0 Å². The van der Waals surface area contributed by atoms with Crippen LogP contribution in [0.1, 0.15) is 50.2 Å². The molecule has 2 aromatic carbocycles. The van der Waals surface area contributed by atoms with Gasteiger partial charge in [-0.15, -0.1) is 0 Å². The molecule has 0 saturated heterocycles. The number of halogens is 1. The Morgan fingerprint density at radius 3 is 2.40 bits per heavy atom. The molecule has 2 amide bonds. The second-order valence-corrected chi connectivity index (χ2v) is 11.5. The van der Waals surface area contributed by atoms with E-state index in [2.05, 4.69) is 5.32 Å². The van der Waals surface area contributed by atoms with Gasteiger partial charge in [0.15, 0.2) is 0 Å². The van der Waals surface area contributed by atoms with Crippen molar-refractivity contribution in [2.24, 2.45) is 0 Å². The predicted molar refractivity (Wildman–Crippen MR) is 140 cm³/mol. The molecule has 35 heavy (non-hydrogen) atoms. The molecule has 0 heterocycles. The number of anilines is 1. The molecule has 1 fully saturated rings. The molecular formula is C26H34ClN3O4S. The Labute approximate surface area is 213 Å². The highest BCUT2D eigenvalue weighted by molar-refractivity contribution is 7.92. The fourth-order valence-corrected chi connectivity index (χ4v) is 5.53. The Morgan fingerprint density at radius 1 is 1.11 bits per heavy atom. The zero-order chi connectivity index (χ0) is 25.6. The highest BCUT2D eigenvalue weighted by atomic mass is 35.5. The molecule has 0 spiro atoms. The van der Waals surface area contributed by atoms with E-state index in [1.807, 2.05) is 38.1 Å². The highest BCUT2D eigenvalue weighted by Crippen LogP contribution is 2.24. The summed E-state index contributed by atoms with van der Waals surface area (Å²) in [6, 6.07) is 13.4. The van der Waals surface area contributed by atoms with Crippen molar-refractivity contribution in [3.05, 3.63) is 64.7 Å². The first-order valence-corrected chi connectivity index (χ1v) is 14.2. The third kappa shape index (κ3) is 7.21. The van der Waals surface area contributed by atoms with E-state index >= 15 is 0 Å². The highest BCUT2D eigenvalue weighted by Gasteiger charge is 2.33. The SMILES string of the molecule is CC[C@H](C(=O)NC1CCCC1)N(Cc1ccccc1C)C(=O)CN(c1cccc(Cl)c1)S(C)(=O)=O. The largest absolute Gasteiger partial charge is 0.352 e. The molecule has 9 heteroatoms. The van der Waals surface area contributed by atoms with Gasteiger partial charge in [-0.1, -0.05) is 61.7 Å². The van der Waals surface area contributed by atoms with Gasteiger partial charge in [-0.3, -0.25) is 13.9 Å². The number of rotatable bonds is 10. The quantitative estimate of drug-likeness (QED) is 0.507. The summed E-state index contributed by atoms with van der Waals surface area (Å²) in [5.41, 5.74) is 2.19. The Kier molecular flexibility index (Phi) is 9.19. The smallest absolute Gasteiger partial charge is 0.244 e. The average Bonchev–Trinajstić information content (AvgIpc) is 3.30. The standard InChI is InChI=1S/C26H34ClN3O4S/c1-4-24(26(32)28-22-13-7-8-14-22)29(17-20-11-6-5-10-19(20)2)25(31)18-30(35(3,33)34)23-15-9-12-21(27)16-23/h5-6,9-12,15-16,22,24H,4,7-8,13-14,17-18H2,1-3H3,(H,28,32)/t24-/m1/s1. The second kappa shape index (κ2) is 11.9. The molecule has 0 aromatic heterocycles. The van der Waals surface area contributed by atoms with Crippen LogP contribution in [0.3, 0.4) is 0 Å². The van der Waals surface area contributed by atoms with Crippen molar-refractivity contribution in [3.63, 3.8) is 0 Å². The van der Waals surface area contributed by atoms with Gasteiger partial charge in [-0.05, 0) is 55.5 Å². The van der Waals surface area contributed by atoms with E-state index in [1.165, 1.54) is 11.0 Å². The fraction of sp³-hybridized carbons (Fsp3) is 0.462. The van der Waals surface area contributed by atoms with Gasteiger partial charge in [0, 0.05) is 17.6 Å². The lowest BCUT2D eigenvalue weighted by molar-refractivity contribution is -0.140. The van der Waals surface area contributed by atoms with Crippen LogP contribution >= 0.6 is 11.6 Å². The molecular weight excluding hydrogens is 486 g/mol. The number of benzene rings is 2. The summed E-state index contributed by atoms with van der Waals surface area (Å²) < 4.78 is 26.3. The van der Waals surface area contributed by atoms with Gasteiger partial charge in [-0.2, -0.15) is 0 Å². The number of nitrogens with zero attached hydrogens (tertiary/aromatic N) is 2. The maximum absolute atomic E-state index is 13.7. The van der Waals surface area contributed by atoms with Crippen LogP contribution in [0.2, 0.25) is 5.02 Å². The minimum Gasteiger partial charge on any atom is -0.352 e. The normalized spacial score (nSPS) is 15.0. The zero-order valence-corrected chi connectivity index (χ0v) is 22.1. The van der Waals surface area contributed by atoms with E-state index in [0.717, 1.165) is 47.4 Å². The predicted octanol–water partition coefficient (Wildman–Crippen LogP) is 4.28. The summed E-state index contributed by atoms with van der Waals surface area (Å²) in [7, 11) is -3.79. The Morgan fingerprint density at radius 2 is 1.80 bits per heavy atom. The van der Waals surface area contributed by atoms with Crippen LogP contribution in [-0.2, 0) is 26.2 Å². The lowest BCUT2D eigenvalue weighted by atomic mass is 10.1. The number of hydrogen-bond donors (Lipinski definition) is 1. The van der Waals surface area contributed by atoms with Crippen LogP contribution in [-0.4, -0.2) is 50.0 Å². The van der Waals surface area contributed by atoms with E-state index in [1.54, 1.807) is 18.2 Å². The number of sulfonamides is 1. The van der Waals surface area contributed by atoms with Crippen molar-refractivity contribution in [2.45, 2.75) is 64.6 Å². The van der Waals surface area contributed by atoms with E-state index in [-0.39, 0.29) is 18.5 Å². The molecule has 1 atom stereocenters. The van der Waals surface area contributed by atoms with Crippen LogP contribution in [0.4, 0.5) is 5.69 Å². The second-order valence-electron chi connectivity index (χ2n) is 9.11. The third-order valence-electron chi connectivity index (χ3n) is 6.46. The summed E-state index contributed by atoms with van der Waals surface area (Å²) in [5, 5.41) is 3.47. The molecule has 0 bridgehead atoms. The van der Waals surface area contributed by atoms with E-state index in [4.69, 9.17) is 11.6 Å².